The van der Waals surface area contributed by atoms with E-state index in [2.05, 4.69) is 32.3 Å². The number of halogens is 1. The number of benzene rings is 1. The van der Waals surface area contributed by atoms with E-state index in [1.807, 2.05) is 31.2 Å². The summed E-state index contributed by atoms with van der Waals surface area (Å²) in [7, 11) is 0. The Morgan fingerprint density at radius 1 is 1.07 bits per heavy atom. The first-order valence-corrected chi connectivity index (χ1v) is 10.7. The Hall–Kier alpha value is -2.15. The molecule has 4 rings (SSSR count). The Bertz CT molecular complexity index is 890. The van der Waals surface area contributed by atoms with Crippen LogP contribution in [0, 0.1) is 0 Å². The molecule has 0 N–H and O–H groups in total. The first kappa shape index (κ1) is 19.2. The highest BCUT2D eigenvalue weighted by Gasteiger charge is 2.19. The highest BCUT2D eigenvalue weighted by Crippen LogP contribution is 2.26. The smallest absolute Gasteiger partial charge is 0.128 e. The molecule has 0 saturated carbocycles. The molecule has 0 aliphatic carbocycles. The van der Waals surface area contributed by atoms with Gasteiger partial charge in [0.25, 0.3) is 0 Å². The molecule has 7 heteroatoms. The van der Waals surface area contributed by atoms with Crippen LogP contribution in [0.25, 0.3) is 10.6 Å². The molecule has 1 saturated heterocycles. The first-order chi connectivity index (χ1) is 13.7. The standard InChI is InChI=1S/C21H23ClN4OS/c1-2-27-19-6-3-16(4-7-19)21-24-18(15-28-21)14-25-9-11-26(12-10-25)20-8-5-17(22)13-23-20/h3-8,13,15H,2,9-12,14H2,1H3. The summed E-state index contributed by atoms with van der Waals surface area (Å²) in [4.78, 5) is 14.0. The van der Waals surface area contributed by atoms with Crippen LogP contribution in [0.2, 0.25) is 5.02 Å². The Morgan fingerprint density at radius 3 is 2.54 bits per heavy atom. The summed E-state index contributed by atoms with van der Waals surface area (Å²) in [6, 6.07) is 12.0. The average Bonchev–Trinajstić information content (AvgIpc) is 3.19. The minimum atomic E-state index is 0.675. The molecule has 146 valence electrons. The van der Waals surface area contributed by atoms with Crippen molar-refractivity contribution in [3.05, 3.63) is 58.7 Å². The minimum Gasteiger partial charge on any atom is -0.494 e. The zero-order valence-electron chi connectivity index (χ0n) is 15.8. The molecule has 0 bridgehead atoms. The van der Waals surface area contributed by atoms with E-state index in [-0.39, 0.29) is 0 Å². The first-order valence-electron chi connectivity index (χ1n) is 9.48. The van der Waals surface area contributed by atoms with E-state index in [0.29, 0.717) is 11.6 Å². The number of nitrogens with zero attached hydrogens (tertiary/aromatic N) is 4. The largest absolute Gasteiger partial charge is 0.494 e. The quantitative estimate of drug-likeness (QED) is 0.590. The number of aromatic nitrogens is 2. The average molecular weight is 415 g/mol. The number of piperazine rings is 1. The van der Waals surface area contributed by atoms with Gasteiger partial charge in [-0.1, -0.05) is 11.6 Å². The van der Waals surface area contributed by atoms with Gasteiger partial charge in [0.1, 0.15) is 16.6 Å². The van der Waals surface area contributed by atoms with E-state index < -0.39 is 0 Å². The van der Waals surface area contributed by atoms with Crippen LogP contribution < -0.4 is 9.64 Å². The number of rotatable bonds is 6. The summed E-state index contributed by atoms with van der Waals surface area (Å²) in [6.45, 7) is 7.49. The third-order valence-electron chi connectivity index (χ3n) is 4.76. The second kappa shape index (κ2) is 8.90. The van der Waals surface area contributed by atoms with Crippen molar-refractivity contribution >= 4 is 28.8 Å². The fourth-order valence-corrected chi connectivity index (χ4v) is 4.22. The van der Waals surface area contributed by atoms with Gasteiger partial charge < -0.3 is 9.64 Å². The van der Waals surface area contributed by atoms with E-state index in [1.165, 1.54) is 0 Å². The van der Waals surface area contributed by atoms with Crippen molar-refractivity contribution in [1.82, 2.24) is 14.9 Å². The number of thiazole rings is 1. The van der Waals surface area contributed by atoms with Gasteiger partial charge in [-0.3, -0.25) is 4.90 Å². The SMILES string of the molecule is CCOc1ccc(-c2nc(CN3CCN(c4ccc(Cl)cn4)CC3)cs2)cc1. The second-order valence-electron chi connectivity index (χ2n) is 6.70. The Morgan fingerprint density at radius 2 is 1.86 bits per heavy atom. The maximum atomic E-state index is 5.93. The van der Waals surface area contributed by atoms with Crippen LogP contribution >= 0.6 is 22.9 Å². The van der Waals surface area contributed by atoms with Crippen LogP contribution in [0.3, 0.4) is 0 Å². The molecule has 1 aliphatic rings. The van der Waals surface area contributed by atoms with Crippen LogP contribution in [0.1, 0.15) is 12.6 Å². The number of ether oxygens (including phenoxy) is 1. The molecule has 3 heterocycles. The predicted molar refractivity (Wildman–Crippen MR) is 115 cm³/mol. The normalized spacial score (nSPS) is 15.0. The summed E-state index contributed by atoms with van der Waals surface area (Å²) in [6.07, 6.45) is 1.71. The summed E-state index contributed by atoms with van der Waals surface area (Å²) in [5.41, 5.74) is 2.27. The van der Waals surface area contributed by atoms with Crippen molar-refractivity contribution in [2.24, 2.45) is 0 Å². The molecule has 1 aliphatic heterocycles. The fraction of sp³-hybridized carbons (Fsp3) is 0.333. The van der Waals surface area contributed by atoms with Gasteiger partial charge >= 0.3 is 0 Å². The molecule has 0 unspecified atom stereocenters. The molecule has 0 radical (unpaired) electrons. The molecule has 3 aromatic rings. The highest BCUT2D eigenvalue weighted by atomic mass is 35.5. The lowest BCUT2D eigenvalue weighted by atomic mass is 10.2. The van der Waals surface area contributed by atoms with Crippen molar-refractivity contribution in [3.63, 3.8) is 0 Å². The van der Waals surface area contributed by atoms with E-state index >= 15 is 0 Å². The molecular weight excluding hydrogens is 392 g/mol. The Labute approximate surface area is 174 Å². The van der Waals surface area contributed by atoms with Crippen LogP contribution in [0.15, 0.2) is 48.0 Å². The lowest BCUT2D eigenvalue weighted by Gasteiger charge is -2.35. The van der Waals surface area contributed by atoms with Crippen LogP contribution in [-0.4, -0.2) is 47.7 Å². The number of anilines is 1. The summed E-state index contributed by atoms with van der Waals surface area (Å²) in [5, 5.41) is 3.90. The van der Waals surface area contributed by atoms with Gasteiger partial charge in [0, 0.05) is 49.9 Å². The zero-order chi connectivity index (χ0) is 19.3. The number of hydrogen-bond acceptors (Lipinski definition) is 6. The molecular formula is C21H23ClN4OS. The van der Waals surface area contributed by atoms with Crippen molar-refractivity contribution in [2.75, 3.05) is 37.7 Å². The molecule has 1 fully saturated rings. The topological polar surface area (TPSA) is 41.5 Å². The predicted octanol–water partition coefficient (Wildman–Crippen LogP) is 4.58. The van der Waals surface area contributed by atoms with E-state index in [4.69, 9.17) is 21.3 Å². The maximum absolute atomic E-state index is 5.93. The van der Waals surface area contributed by atoms with Gasteiger partial charge in [0.05, 0.1) is 17.3 Å². The zero-order valence-corrected chi connectivity index (χ0v) is 17.4. The van der Waals surface area contributed by atoms with Gasteiger partial charge in [-0.25, -0.2) is 9.97 Å². The van der Waals surface area contributed by atoms with Crippen LogP contribution in [-0.2, 0) is 6.54 Å². The highest BCUT2D eigenvalue weighted by molar-refractivity contribution is 7.13. The molecule has 5 nitrogen and oxygen atoms in total. The molecule has 28 heavy (non-hydrogen) atoms. The van der Waals surface area contributed by atoms with Gasteiger partial charge in [-0.15, -0.1) is 11.3 Å². The summed E-state index contributed by atoms with van der Waals surface area (Å²) >= 11 is 7.63. The van der Waals surface area contributed by atoms with Gasteiger partial charge in [0.2, 0.25) is 0 Å². The van der Waals surface area contributed by atoms with Crippen molar-refractivity contribution in [2.45, 2.75) is 13.5 Å². The third kappa shape index (κ3) is 4.63. The molecule has 1 aromatic carbocycles. The van der Waals surface area contributed by atoms with E-state index in [1.54, 1.807) is 17.5 Å². The van der Waals surface area contributed by atoms with Crippen molar-refractivity contribution in [1.29, 1.82) is 0 Å². The maximum Gasteiger partial charge on any atom is 0.128 e. The van der Waals surface area contributed by atoms with Crippen LogP contribution in [0.4, 0.5) is 5.82 Å². The lowest BCUT2D eigenvalue weighted by molar-refractivity contribution is 0.247. The molecule has 2 aromatic heterocycles. The number of hydrogen-bond donors (Lipinski definition) is 0. The van der Waals surface area contributed by atoms with Crippen molar-refractivity contribution in [3.8, 4) is 16.3 Å². The molecule has 0 amide bonds. The van der Waals surface area contributed by atoms with E-state index in [9.17, 15) is 0 Å². The van der Waals surface area contributed by atoms with E-state index in [0.717, 1.165) is 60.6 Å². The van der Waals surface area contributed by atoms with Gasteiger partial charge in [0.15, 0.2) is 0 Å². The summed E-state index contributed by atoms with van der Waals surface area (Å²) in [5.74, 6) is 1.89. The Kier molecular flexibility index (Phi) is 6.10. The lowest BCUT2D eigenvalue weighted by Crippen LogP contribution is -2.46. The summed E-state index contributed by atoms with van der Waals surface area (Å²) < 4.78 is 5.51. The monoisotopic (exact) mass is 414 g/mol. The Balaban J connectivity index is 1.32. The van der Waals surface area contributed by atoms with Gasteiger partial charge in [-0.05, 0) is 43.3 Å². The van der Waals surface area contributed by atoms with Crippen LogP contribution in [0.5, 0.6) is 5.75 Å². The number of pyridine rings is 1. The molecule has 0 spiro atoms. The third-order valence-corrected chi connectivity index (χ3v) is 5.92. The van der Waals surface area contributed by atoms with Crippen molar-refractivity contribution < 1.29 is 4.74 Å². The second-order valence-corrected chi connectivity index (χ2v) is 7.99. The molecule has 0 atom stereocenters. The fourth-order valence-electron chi connectivity index (χ4n) is 3.29. The van der Waals surface area contributed by atoms with Gasteiger partial charge in [-0.2, -0.15) is 0 Å². The minimum absolute atomic E-state index is 0.675.